The first-order valence-electron chi connectivity index (χ1n) is 4.03. The lowest BCUT2D eigenvalue weighted by Crippen LogP contribution is -2.14. The van der Waals surface area contributed by atoms with Gasteiger partial charge in [-0.15, -0.1) is 6.58 Å². The summed E-state index contributed by atoms with van der Waals surface area (Å²) >= 11 is 0. The fourth-order valence-electron chi connectivity index (χ4n) is 0.930. The molecule has 74 valence electrons. The summed E-state index contributed by atoms with van der Waals surface area (Å²) in [4.78, 5) is 11.2. The molecule has 0 amide bonds. The summed E-state index contributed by atoms with van der Waals surface area (Å²) in [6.07, 6.45) is 3.73. The molecule has 0 saturated heterocycles. The monoisotopic (exact) mass is 184 g/mol. The Bertz CT molecular complexity index is 206. The Morgan fingerprint density at radius 1 is 1.54 bits per heavy atom. The fourth-order valence-corrected chi connectivity index (χ4v) is 0.930. The van der Waals surface area contributed by atoms with Crippen LogP contribution in [-0.4, -0.2) is 20.2 Å². The number of allylic oxidation sites excluding steroid dienone is 1. The summed E-state index contributed by atoms with van der Waals surface area (Å²) in [6, 6.07) is 0. The van der Waals surface area contributed by atoms with Crippen LogP contribution in [0.15, 0.2) is 24.5 Å². The summed E-state index contributed by atoms with van der Waals surface area (Å²) in [7, 11) is 2.90. The van der Waals surface area contributed by atoms with Gasteiger partial charge in [0.2, 0.25) is 0 Å². The smallest absolute Gasteiger partial charge is 0.312 e. The van der Waals surface area contributed by atoms with E-state index < -0.39 is 0 Å². The summed E-state index contributed by atoms with van der Waals surface area (Å²) < 4.78 is 9.35. The second-order valence-corrected chi connectivity index (χ2v) is 2.86. The molecule has 0 radical (unpaired) electrons. The first-order chi connectivity index (χ1) is 6.11. The summed E-state index contributed by atoms with van der Waals surface area (Å²) in [5.74, 6) is -0.557. The number of carbonyl (C=O) groups is 1. The maximum absolute atomic E-state index is 11.2. The van der Waals surface area contributed by atoms with Gasteiger partial charge in [-0.25, -0.2) is 0 Å². The Morgan fingerprint density at radius 3 is 2.54 bits per heavy atom. The van der Waals surface area contributed by atoms with Crippen molar-refractivity contribution in [2.75, 3.05) is 14.2 Å². The molecule has 0 aliphatic carbocycles. The van der Waals surface area contributed by atoms with Crippen LogP contribution >= 0.6 is 0 Å². The number of methoxy groups -OCH3 is 2. The predicted molar refractivity (Wildman–Crippen MR) is 51.1 cm³/mol. The standard InChI is InChI=1S/C10H16O3/c1-8(2)7-9(5-6-12-3)10(11)13-4/h5-6,9H,1,7H2,2-4H3/b6-5+. The van der Waals surface area contributed by atoms with Crippen LogP contribution in [0.4, 0.5) is 0 Å². The quantitative estimate of drug-likeness (QED) is 0.372. The first kappa shape index (κ1) is 11.8. The van der Waals surface area contributed by atoms with Gasteiger partial charge in [-0.2, -0.15) is 0 Å². The SMILES string of the molecule is C=C(C)CC(/C=C/OC)C(=O)OC. The third kappa shape index (κ3) is 5.06. The molecule has 3 nitrogen and oxygen atoms in total. The van der Waals surface area contributed by atoms with Crippen molar-refractivity contribution in [1.29, 1.82) is 0 Å². The number of hydrogen-bond donors (Lipinski definition) is 0. The Kier molecular flexibility index (Phi) is 5.68. The van der Waals surface area contributed by atoms with Gasteiger partial charge in [-0.3, -0.25) is 4.79 Å². The highest BCUT2D eigenvalue weighted by Crippen LogP contribution is 2.13. The van der Waals surface area contributed by atoms with Gasteiger partial charge < -0.3 is 9.47 Å². The van der Waals surface area contributed by atoms with Crippen LogP contribution in [0.2, 0.25) is 0 Å². The van der Waals surface area contributed by atoms with Gasteiger partial charge in [0.15, 0.2) is 0 Å². The molecule has 3 heteroatoms. The van der Waals surface area contributed by atoms with Gasteiger partial charge in [-0.05, 0) is 19.4 Å². The molecule has 0 N–H and O–H groups in total. The lowest BCUT2D eigenvalue weighted by atomic mass is 10.0. The third-order valence-electron chi connectivity index (χ3n) is 1.52. The van der Waals surface area contributed by atoms with E-state index in [1.807, 2.05) is 6.92 Å². The molecule has 1 unspecified atom stereocenters. The van der Waals surface area contributed by atoms with Crippen molar-refractivity contribution in [1.82, 2.24) is 0 Å². The molecule has 0 aromatic carbocycles. The Morgan fingerprint density at radius 2 is 2.15 bits per heavy atom. The zero-order valence-corrected chi connectivity index (χ0v) is 8.37. The highest BCUT2D eigenvalue weighted by atomic mass is 16.5. The third-order valence-corrected chi connectivity index (χ3v) is 1.52. The van der Waals surface area contributed by atoms with Crippen molar-refractivity contribution in [3.8, 4) is 0 Å². The van der Waals surface area contributed by atoms with Gasteiger partial charge in [0.25, 0.3) is 0 Å². The molecule has 0 aromatic rings. The molecule has 13 heavy (non-hydrogen) atoms. The minimum atomic E-state index is -0.289. The van der Waals surface area contributed by atoms with Gasteiger partial charge >= 0.3 is 5.97 Å². The average Bonchev–Trinajstić information content (AvgIpc) is 2.10. The Hall–Kier alpha value is -1.25. The van der Waals surface area contributed by atoms with E-state index in [-0.39, 0.29) is 11.9 Å². The van der Waals surface area contributed by atoms with E-state index in [1.165, 1.54) is 20.5 Å². The fraction of sp³-hybridized carbons (Fsp3) is 0.500. The normalized spacial score (nSPS) is 12.5. The summed E-state index contributed by atoms with van der Waals surface area (Å²) in [5, 5.41) is 0. The van der Waals surface area contributed by atoms with Gasteiger partial charge in [-0.1, -0.05) is 5.57 Å². The maximum atomic E-state index is 11.2. The van der Waals surface area contributed by atoms with E-state index in [4.69, 9.17) is 4.74 Å². The number of rotatable bonds is 5. The van der Waals surface area contributed by atoms with Crippen LogP contribution in [0, 0.1) is 5.92 Å². The minimum Gasteiger partial charge on any atom is -0.505 e. The molecule has 0 fully saturated rings. The summed E-state index contributed by atoms with van der Waals surface area (Å²) in [5.41, 5.74) is 0.941. The van der Waals surface area contributed by atoms with Crippen LogP contribution in [-0.2, 0) is 14.3 Å². The number of carbonyl (C=O) groups excluding carboxylic acids is 1. The zero-order valence-electron chi connectivity index (χ0n) is 8.37. The van der Waals surface area contributed by atoms with Crippen molar-refractivity contribution in [3.05, 3.63) is 24.5 Å². The van der Waals surface area contributed by atoms with E-state index in [2.05, 4.69) is 11.3 Å². The summed E-state index contributed by atoms with van der Waals surface area (Å²) in [6.45, 7) is 5.61. The van der Waals surface area contributed by atoms with Crippen molar-refractivity contribution < 1.29 is 14.3 Å². The van der Waals surface area contributed by atoms with Crippen LogP contribution in [0.25, 0.3) is 0 Å². The largest absolute Gasteiger partial charge is 0.505 e. The number of hydrogen-bond acceptors (Lipinski definition) is 3. The lowest BCUT2D eigenvalue weighted by molar-refractivity contribution is -0.143. The molecule has 0 aliphatic rings. The van der Waals surface area contributed by atoms with Crippen LogP contribution in [0.5, 0.6) is 0 Å². The van der Waals surface area contributed by atoms with Crippen LogP contribution < -0.4 is 0 Å². The second kappa shape index (κ2) is 6.29. The highest BCUT2D eigenvalue weighted by Gasteiger charge is 2.15. The van der Waals surface area contributed by atoms with E-state index >= 15 is 0 Å². The van der Waals surface area contributed by atoms with Crippen molar-refractivity contribution in [2.24, 2.45) is 5.92 Å². The Labute approximate surface area is 79.0 Å². The molecule has 0 bridgehead atoms. The average molecular weight is 184 g/mol. The van der Waals surface area contributed by atoms with E-state index in [0.29, 0.717) is 6.42 Å². The van der Waals surface area contributed by atoms with Gasteiger partial charge in [0, 0.05) is 0 Å². The maximum Gasteiger partial charge on any atom is 0.312 e. The van der Waals surface area contributed by atoms with Gasteiger partial charge in [0.1, 0.15) is 0 Å². The van der Waals surface area contributed by atoms with E-state index in [0.717, 1.165) is 5.57 Å². The second-order valence-electron chi connectivity index (χ2n) is 2.86. The van der Waals surface area contributed by atoms with Crippen LogP contribution in [0.3, 0.4) is 0 Å². The highest BCUT2D eigenvalue weighted by molar-refractivity contribution is 5.74. The molecule has 0 saturated carbocycles. The number of esters is 1. The minimum absolute atomic E-state index is 0.267. The molecule has 0 aromatic heterocycles. The van der Waals surface area contributed by atoms with E-state index in [9.17, 15) is 4.79 Å². The van der Waals surface area contributed by atoms with Gasteiger partial charge in [0.05, 0.1) is 26.4 Å². The first-order valence-corrected chi connectivity index (χ1v) is 4.03. The van der Waals surface area contributed by atoms with Crippen molar-refractivity contribution in [2.45, 2.75) is 13.3 Å². The Balaban J connectivity index is 4.27. The molecule has 0 heterocycles. The molecule has 1 atom stereocenters. The predicted octanol–water partition coefficient (Wildman–Crippen LogP) is 1.90. The van der Waals surface area contributed by atoms with Crippen molar-refractivity contribution in [3.63, 3.8) is 0 Å². The molecular weight excluding hydrogens is 168 g/mol. The molecule has 0 rings (SSSR count). The zero-order chi connectivity index (χ0) is 10.3. The number of ether oxygens (including phenoxy) is 2. The van der Waals surface area contributed by atoms with E-state index in [1.54, 1.807) is 6.08 Å². The van der Waals surface area contributed by atoms with Crippen molar-refractivity contribution >= 4 is 5.97 Å². The molecule has 0 spiro atoms. The lowest BCUT2D eigenvalue weighted by Gasteiger charge is -2.09. The molecular formula is C10H16O3. The molecule has 0 aliphatic heterocycles. The topological polar surface area (TPSA) is 35.5 Å². The van der Waals surface area contributed by atoms with Crippen LogP contribution in [0.1, 0.15) is 13.3 Å².